The van der Waals surface area contributed by atoms with E-state index in [9.17, 15) is 9.59 Å². The molecule has 0 saturated carbocycles. The van der Waals surface area contributed by atoms with Crippen LogP contribution in [0, 0.1) is 6.92 Å². The molecule has 0 aromatic heterocycles. The monoisotopic (exact) mass is 403 g/mol. The Kier molecular flexibility index (Phi) is 7.40. The molecular weight excluding hydrogens is 382 g/mol. The van der Waals surface area contributed by atoms with E-state index in [1.165, 1.54) is 14.2 Å². The predicted molar refractivity (Wildman–Crippen MR) is 110 cm³/mol. The van der Waals surface area contributed by atoms with Gasteiger partial charge in [0.2, 0.25) is 5.91 Å². The second-order valence-electron chi connectivity index (χ2n) is 6.07. The number of carbonyl (C=O) groups is 2. The molecule has 2 rings (SSSR count). The minimum Gasteiger partial charge on any atom is -0.497 e. The molecule has 2 aromatic carbocycles. The number of hydrogen-bond donors (Lipinski definition) is 2. The third-order valence-electron chi connectivity index (χ3n) is 3.84. The zero-order chi connectivity index (χ0) is 20.7. The molecule has 0 unspecified atom stereocenters. The van der Waals surface area contributed by atoms with Gasteiger partial charge in [-0.2, -0.15) is 5.10 Å². The summed E-state index contributed by atoms with van der Waals surface area (Å²) in [7, 11) is 3.00. The molecule has 0 saturated heterocycles. The molecule has 2 amide bonds. The lowest BCUT2D eigenvalue weighted by Gasteiger charge is -2.09. The SMILES string of the molecule is COc1cc(OC)cc(C(=O)N/N=C(\C)CC(=O)Nc2ccc(Cl)cc2C)c1. The lowest BCUT2D eigenvalue weighted by atomic mass is 10.2. The molecular formula is C20H22ClN3O4. The number of nitrogens with one attached hydrogen (secondary N) is 2. The maximum Gasteiger partial charge on any atom is 0.271 e. The van der Waals surface area contributed by atoms with Crippen molar-refractivity contribution in [2.45, 2.75) is 20.3 Å². The van der Waals surface area contributed by atoms with E-state index in [1.807, 2.05) is 6.92 Å². The van der Waals surface area contributed by atoms with E-state index in [0.717, 1.165) is 5.56 Å². The summed E-state index contributed by atoms with van der Waals surface area (Å²) >= 11 is 5.91. The zero-order valence-electron chi connectivity index (χ0n) is 16.1. The molecule has 0 aliphatic heterocycles. The van der Waals surface area contributed by atoms with Gasteiger partial charge in [-0.3, -0.25) is 9.59 Å². The summed E-state index contributed by atoms with van der Waals surface area (Å²) in [5.74, 6) is 0.292. The third-order valence-corrected chi connectivity index (χ3v) is 4.08. The smallest absolute Gasteiger partial charge is 0.271 e. The van der Waals surface area contributed by atoms with Gasteiger partial charge in [-0.1, -0.05) is 11.6 Å². The first kappa shape index (κ1) is 21.2. The van der Waals surface area contributed by atoms with Crippen LogP contribution in [-0.2, 0) is 4.79 Å². The van der Waals surface area contributed by atoms with Crippen molar-refractivity contribution >= 4 is 34.8 Å². The molecule has 2 N–H and O–H groups in total. The number of carbonyl (C=O) groups excluding carboxylic acids is 2. The number of rotatable bonds is 7. The predicted octanol–water partition coefficient (Wildman–Crippen LogP) is 3.80. The van der Waals surface area contributed by atoms with Crippen LogP contribution in [0.1, 0.15) is 29.3 Å². The fourth-order valence-corrected chi connectivity index (χ4v) is 2.61. The Bertz CT molecular complexity index is 890. The van der Waals surface area contributed by atoms with Gasteiger partial charge in [0.15, 0.2) is 0 Å². The normalized spacial score (nSPS) is 11.0. The molecule has 148 valence electrons. The number of anilines is 1. The Morgan fingerprint density at radius 2 is 1.71 bits per heavy atom. The first-order chi connectivity index (χ1) is 13.3. The van der Waals surface area contributed by atoms with Crippen LogP contribution in [0.25, 0.3) is 0 Å². The number of hydrogen-bond acceptors (Lipinski definition) is 5. The number of halogens is 1. The van der Waals surface area contributed by atoms with Crippen molar-refractivity contribution in [2.75, 3.05) is 19.5 Å². The van der Waals surface area contributed by atoms with E-state index in [2.05, 4.69) is 15.8 Å². The fraction of sp³-hybridized carbons (Fsp3) is 0.250. The number of amides is 2. The van der Waals surface area contributed by atoms with Crippen molar-refractivity contribution in [2.24, 2.45) is 5.10 Å². The van der Waals surface area contributed by atoms with Gasteiger partial charge in [0.05, 0.1) is 20.6 Å². The largest absolute Gasteiger partial charge is 0.497 e. The number of ether oxygens (including phenoxy) is 2. The summed E-state index contributed by atoms with van der Waals surface area (Å²) in [6.45, 7) is 3.51. The number of methoxy groups -OCH3 is 2. The molecule has 7 nitrogen and oxygen atoms in total. The molecule has 0 aliphatic carbocycles. The summed E-state index contributed by atoms with van der Waals surface area (Å²) < 4.78 is 10.3. The van der Waals surface area contributed by atoms with Gasteiger partial charge in [0.25, 0.3) is 5.91 Å². The Hall–Kier alpha value is -3.06. The molecule has 0 heterocycles. The van der Waals surface area contributed by atoms with Crippen LogP contribution < -0.4 is 20.2 Å². The zero-order valence-corrected chi connectivity index (χ0v) is 16.9. The molecule has 28 heavy (non-hydrogen) atoms. The first-order valence-corrected chi connectivity index (χ1v) is 8.82. The molecule has 8 heteroatoms. The molecule has 0 fully saturated rings. The first-order valence-electron chi connectivity index (χ1n) is 8.45. The summed E-state index contributed by atoms with van der Waals surface area (Å²) in [4.78, 5) is 24.5. The van der Waals surface area contributed by atoms with Crippen LogP contribution in [0.15, 0.2) is 41.5 Å². The molecule has 2 aromatic rings. The summed E-state index contributed by atoms with van der Waals surface area (Å²) in [5.41, 5.74) is 4.74. The highest BCUT2D eigenvalue weighted by atomic mass is 35.5. The Labute approximate surface area is 168 Å². The molecule has 0 bridgehead atoms. The Morgan fingerprint density at radius 3 is 2.29 bits per heavy atom. The van der Waals surface area contributed by atoms with Crippen molar-refractivity contribution in [3.8, 4) is 11.5 Å². The van der Waals surface area contributed by atoms with E-state index < -0.39 is 5.91 Å². The van der Waals surface area contributed by atoms with Crippen LogP contribution in [0.5, 0.6) is 11.5 Å². The molecule has 0 atom stereocenters. The van der Waals surface area contributed by atoms with Crippen molar-refractivity contribution in [1.82, 2.24) is 5.43 Å². The van der Waals surface area contributed by atoms with Gasteiger partial charge in [-0.25, -0.2) is 5.43 Å². The standard InChI is InChI=1S/C20H22ClN3O4/c1-12-7-15(21)5-6-18(12)22-19(25)8-13(2)23-24-20(26)14-9-16(27-3)11-17(10-14)28-4/h5-7,9-11H,8H2,1-4H3,(H,22,25)(H,24,26)/b23-13+. The van der Waals surface area contributed by atoms with Crippen LogP contribution in [0.3, 0.4) is 0 Å². The van der Waals surface area contributed by atoms with E-state index in [1.54, 1.807) is 43.3 Å². The fourth-order valence-electron chi connectivity index (χ4n) is 2.38. The maximum absolute atomic E-state index is 12.3. The second-order valence-corrected chi connectivity index (χ2v) is 6.51. The van der Waals surface area contributed by atoms with E-state index in [4.69, 9.17) is 21.1 Å². The van der Waals surface area contributed by atoms with Crippen LogP contribution in [-0.4, -0.2) is 31.7 Å². The van der Waals surface area contributed by atoms with E-state index >= 15 is 0 Å². The minimum atomic E-state index is -0.439. The van der Waals surface area contributed by atoms with Gasteiger partial charge < -0.3 is 14.8 Å². The van der Waals surface area contributed by atoms with E-state index in [-0.39, 0.29) is 12.3 Å². The Morgan fingerprint density at radius 1 is 1.07 bits per heavy atom. The topological polar surface area (TPSA) is 89.0 Å². The van der Waals surface area contributed by atoms with Crippen LogP contribution in [0.4, 0.5) is 5.69 Å². The minimum absolute atomic E-state index is 0.0315. The number of aryl methyl sites for hydroxylation is 1. The van der Waals surface area contributed by atoms with Crippen molar-refractivity contribution < 1.29 is 19.1 Å². The van der Waals surface area contributed by atoms with Crippen LogP contribution in [0.2, 0.25) is 5.02 Å². The highest BCUT2D eigenvalue weighted by Crippen LogP contribution is 2.22. The number of benzene rings is 2. The summed E-state index contributed by atoms with van der Waals surface area (Å²) in [5, 5.41) is 7.38. The van der Waals surface area contributed by atoms with Gasteiger partial charge in [0, 0.05) is 28.1 Å². The van der Waals surface area contributed by atoms with Gasteiger partial charge >= 0.3 is 0 Å². The second kappa shape index (κ2) is 9.75. The maximum atomic E-state index is 12.3. The average Bonchev–Trinajstić information content (AvgIpc) is 2.67. The Balaban J connectivity index is 1.98. The van der Waals surface area contributed by atoms with Crippen molar-refractivity contribution in [1.29, 1.82) is 0 Å². The summed E-state index contributed by atoms with van der Waals surface area (Å²) in [6.07, 6.45) is 0.0315. The highest BCUT2D eigenvalue weighted by Gasteiger charge is 2.11. The van der Waals surface area contributed by atoms with Gasteiger partial charge in [0.1, 0.15) is 11.5 Å². The quantitative estimate of drug-likeness (QED) is 0.543. The molecule has 0 spiro atoms. The van der Waals surface area contributed by atoms with Gasteiger partial charge in [-0.15, -0.1) is 0 Å². The lowest BCUT2D eigenvalue weighted by Crippen LogP contribution is -2.21. The van der Waals surface area contributed by atoms with Crippen molar-refractivity contribution in [3.63, 3.8) is 0 Å². The third kappa shape index (κ3) is 5.99. The number of hydrazone groups is 1. The van der Waals surface area contributed by atoms with Crippen molar-refractivity contribution in [3.05, 3.63) is 52.5 Å². The average molecular weight is 404 g/mol. The molecule has 0 radical (unpaired) electrons. The number of nitrogens with zero attached hydrogens (tertiary/aromatic N) is 1. The highest BCUT2D eigenvalue weighted by molar-refractivity contribution is 6.30. The van der Waals surface area contributed by atoms with Crippen LogP contribution >= 0.6 is 11.6 Å². The van der Waals surface area contributed by atoms with Gasteiger partial charge in [-0.05, 0) is 49.7 Å². The lowest BCUT2D eigenvalue weighted by molar-refractivity contribution is -0.115. The van der Waals surface area contributed by atoms with E-state index in [0.29, 0.717) is 33.5 Å². The summed E-state index contributed by atoms with van der Waals surface area (Å²) in [6, 6.07) is 10.0. The molecule has 0 aliphatic rings.